The first-order valence-electron chi connectivity index (χ1n) is 8.49. The molecular weight excluding hydrogens is 315 g/mol. The number of hydrogen-bond acceptors (Lipinski definition) is 2. The Kier molecular flexibility index (Phi) is 4.65. The Balaban J connectivity index is 0.00000156. The van der Waals surface area contributed by atoms with Crippen molar-refractivity contribution in [2.45, 2.75) is 68.5 Å². The van der Waals surface area contributed by atoms with E-state index in [4.69, 9.17) is 0 Å². The summed E-state index contributed by atoms with van der Waals surface area (Å²) in [6.07, 6.45) is 7.22. The molecule has 1 aromatic rings. The van der Waals surface area contributed by atoms with Crippen LogP contribution < -0.4 is 10.6 Å². The lowest BCUT2D eigenvalue weighted by Crippen LogP contribution is -2.55. The second kappa shape index (κ2) is 6.40. The number of fused-ring (bicyclic) bond motifs is 2. The van der Waals surface area contributed by atoms with Gasteiger partial charge in [0.15, 0.2) is 0 Å². The number of piperidine rings is 1. The molecule has 0 aromatic heterocycles. The Labute approximate surface area is 142 Å². The van der Waals surface area contributed by atoms with Gasteiger partial charge in [-0.3, -0.25) is 4.79 Å². The molecule has 1 amide bonds. The molecular formula is C18H24ClFN2O. The normalized spacial score (nSPS) is 30.9. The molecule has 3 fully saturated rings. The summed E-state index contributed by atoms with van der Waals surface area (Å²) >= 11 is 0. The molecule has 5 heteroatoms. The van der Waals surface area contributed by atoms with Gasteiger partial charge in [0, 0.05) is 18.1 Å². The van der Waals surface area contributed by atoms with Crippen molar-refractivity contribution in [1.29, 1.82) is 0 Å². The van der Waals surface area contributed by atoms with Crippen LogP contribution >= 0.6 is 12.4 Å². The molecule has 2 heterocycles. The number of carbonyl (C=O) groups is 1. The first-order chi connectivity index (χ1) is 10.7. The molecule has 2 atom stereocenters. The van der Waals surface area contributed by atoms with Crippen LogP contribution in [0.5, 0.6) is 0 Å². The van der Waals surface area contributed by atoms with E-state index in [1.165, 1.54) is 25.0 Å². The van der Waals surface area contributed by atoms with E-state index in [2.05, 4.69) is 10.6 Å². The van der Waals surface area contributed by atoms with Crippen molar-refractivity contribution in [3.05, 3.63) is 35.6 Å². The standard InChI is InChI=1S/C18H23FN2O.ClH/c19-13-4-1-3-12(9-13)18(7-2-8-18)17(22)21-16-10-14-5-6-15(11-16)20-14;/h1,3-4,9,14-16,20H,2,5-8,10-11H2,(H,21,22);1H. The zero-order chi connectivity index (χ0) is 15.2. The van der Waals surface area contributed by atoms with Crippen LogP contribution in [-0.2, 0) is 10.2 Å². The summed E-state index contributed by atoms with van der Waals surface area (Å²) in [4.78, 5) is 12.9. The maximum Gasteiger partial charge on any atom is 0.230 e. The first-order valence-corrected chi connectivity index (χ1v) is 8.49. The zero-order valence-electron chi connectivity index (χ0n) is 13.2. The molecule has 2 aliphatic heterocycles. The lowest BCUT2D eigenvalue weighted by molar-refractivity contribution is -0.131. The summed E-state index contributed by atoms with van der Waals surface area (Å²) in [5.74, 6) is -0.146. The van der Waals surface area contributed by atoms with Crippen molar-refractivity contribution in [3.63, 3.8) is 0 Å². The number of nitrogens with one attached hydrogen (secondary N) is 2. The molecule has 2 unspecified atom stereocenters. The third-order valence-electron chi connectivity index (χ3n) is 5.83. The number of rotatable bonds is 3. The smallest absolute Gasteiger partial charge is 0.230 e. The van der Waals surface area contributed by atoms with Crippen molar-refractivity contribution < 1.29 is 9.18 Å². The fraction of sp³-hybridized carbons (Fsp3) is 0.611. The van der Waals surface area contributed by atoms with Crippen LogP contribution in [0.1, 0.15) is 50.5 Å². The van der Waals surface area contributed by atoms with Crippen LogP contribution in [0.25, 0.3) is 0 Å². The third-order valence-corrected chi connectivity index (χ3v) is 5.83. The van der Waals surface area contributed by atoms with Gasteiger partial charge in [0.25, 0.3) is 0 Å². The van der Waals surface area contributed by atoms with E-state index in [9.17, 15) is 9.18 Å². The predicted molar refractivity (Wildman–Crippen MR) is 90.3 cm³/mol. The summed E-state index contributed by atoms with van der Waals surface area (Å²) in [6.45, 7) is 0. The minimum Gasteiger partial charge on any atom is -0.352 e. The first kappa shape index (κ1) is 16.7. The van der Waals surface area contributed by atoms with Crippen LogP contribution in [0.4, 0.5) is 4.39 Å². The van der Waals surface area contributed by atoms with Gasteiger partial charge in [-0.1, -0.05) is 18.6 Å². The Bertz CT molecular complexity index is 578. The van der Waals surface area contributed by atoms with Gasteiger partial charge >= 0.3 is 0 Å². The number of halogens is 2. The molecule has 2 N–H and O–H groups in total. The average Bonchev–Trinajstić information content (AvgIpc) is 2.77. The van der Waals surface area contributed by atoms with Gasteiger partial charge < -0.3 is 10.6 Å². The fourth-order valence-corrected chi connectivity index (χ4v) is 4.46. The van der Waals surface area contributed by atoms with Gasteiger partial charge in [-0.05, 0) is 56.2 Å². The van der Waals surface area contributed by atoms with E-state index in [0.29, 0.717) is 12.1 Å². The highest BCUT2D eigenvalue weighted by molar-refractivity contribution is 5.89. The van der Waals surface area contributed by atoms with Gasteiger partial charge in [-0.2, -0.15) is 0 Å². The van der Waals surface area contributed by atoms with E-state index in [0.717, 1.165) is 37.7 Å². The van der Waals surface area contributed by atoms with Crippen LogP contribution in [-0.4, -0.2) is 24.0 Å². The van der Waals surface area contributed by atoms with E-state index < -0.39 is 5.41 Å². The second-order valence-corrected chi connectivity index (χ2v) is 7.23. The third kappa shape index (κ3) is 2.99. The summed E-state index contributed by atoms with van der Waals surface area (Å²) in [5.41, 5.74) is 0.347. The topological polar surface area (TPSA) is 41.1 Å². The molecule has 1 aromatic carbocycles. The highest BCUT2D eigenvalue weighted by Gasteiger charge is 2.47. The zero-order valence-corrected chi connectivity index (χ0v) is 14.0. The quantitative estimate of drug-likeness (QED) is 0.889. The molecule has 0 radical (unpaired) electrons. The number of carbonyl (C=O) groups excluding carboxylic acids is 1. The van der Waals surface area contributed by atoms with Crippen molar-refractivity contribution >= 4 is 18.3 Å². The van der Waals surface area contributed by atoms with Gasteiger partial charge in [-0.15, -0.1) is 12.4 Å². The van der Waals surface area contributed by atoms with Crippen LogP contribution in [0.3, 0.4) is 0 Å². The van der Waals surface area contributed by atoms with Gasteiger partial charge in [-0.25, -0.2) is 4.39 Å². The SMILES string of the molecule is Cl.O=C(NC1CC2CCC(C1)N2)C1(c2cccc(F)c2)CCC1. The number of benzene rings is 1. The second-order valence-electron chi connectivity index (χ2n) is 7.23. The Morgan fingerprint density at radius 3 is 2.48 bits per heavy atom. The van der Waals surface area contributed by atoms with E-state index in [-0.39, 0.29) is 30.2 Å². The Morgan fingerprint density at radius 1 is 1.22 bits per heavy atom. The number of hydrogen-bond donors (Lipinski definition) is 2. The highest BCUT2D eigenvalue weighted by atomic mass is 35.5. The molecule has 23 heavy (non-hydrogen) atoms. The summed E-state index contributed by atoms with van der Waals surface area (Å²) in [6, 6.07) is 7.99. The lowest BCUT2D eigenvalue weighted by Gasteiger charge is -2.42. The molecule has 1 aliphatic carbocycles. The fourth-order valence-electron chi connectivity index (χ4n) is 4.46. The van der Waals surface area contributed by atoms with Gasteiger partial charge in [0.05, 0.1) is 5.41 Å². The predicted octanol–water partition coefficient (Wildman–Crippen LogP) is 3.07. The summed E-state index contributed by atoms with van der Waals surface area (Å²) < 4.78 is 13.6. The Hall–Kier alpha value is -1.13. The molecule has 126 valence electrons. The highest BCUT2D eigenvalue weighted by Crippen LogP contribution is 2.44. The average molecular weight is 339 g/mol. The van der Waals surface area contributed by atoms with Gasteiger partial charge in [0.2, 0.25) is 5.91 Å². The minimum atomic E-state index is -0.494. The maximum absolute atomic E-state index is 13.6. The van der Waals surface area contributed by atoms with Crippen molar-refractivity contribution in [2.75, 3.05) is 0 Å². The molecule has 3 aliphatic rings. The van der Waals surface area contributed by atoms with E-state index in [1.54, 1.807) is 6.07 Å². The summed E-state index contributed by atoms with van der Waals surface area (Å²) in [5, 5.41) is 6.88. The Morgan fingerprint density at radius 2 is 1.91 bits per heavy atom. The minimum absolute atomic E-state index is 0. The molecule has 3 nitrogen and oxygen atoms in total. The lowest BCUT2D eigenvalue weighted by atomic mass is 9.63. The monoisotopic (exact) mass is 338 g/mol. The van der Waals surface area contributed by atoms with Crippen molar-refractivity contribution in [1.82, 2.24) is 10.6 Å². The van der Waals surface area contributed by atoms with Gasteiger partial charge in [0.1, 0.15) is 5.82 Å². The van der Waals surface area contributed by atoms with Crippen LogP contribution in [0.15, 0.2) is 24.3 Å². The number of amides is 1. The van der Waals surface area contributed by atoms with E-state index in [1.807, 2.05) is 6.07 Å². The van der Waals surface area contributed by atoms with E-state index >= 15 is 0 Å². The largest absolute Gasteiger partial charge is 0.352 e. The van der Waals surface area contributed by atoms with Crippen molar-refractivity contribution in [2.24, 2.45) is 0 Å². The molecule has 4 rings (SSSR count). The molecule has 1 saturated carbocycles. The molecule has 0 spiro atoms. The maximum atomic E-state index is 13.6. The van der Waals surface area contributed by atoms with Crippen molar-refractivity contribution in [3.8, 4) is 0 Å². The van der Waals surface area contributed by atoms with Crippen LogP contribution in [0.2, 0.25) is 0 Å². The molecule has 2 saturated heterocycles. The summed E-state index contributed by atoms with van der Waals surface area (Å²) in [7, 11) is 0. The molecule has 2 bridgehead atoms. The van der Waals surface area contributed by atoms with Crippen LogP contribution in [0, 0.1) is 5.82 Å².